The van der Waals surface area contributed by atoms with Crippen molar-refractivity contribution in [3.63, 3.8) is 0 Å². The highest BCUT2D eigenvalue weighted by Crippen LogP contribution is 2.33. The summed E-state index contributed by atoms with van der Waals surface area (Å²) in [6.07, 6.45) is 0. The van der Waals surface area contributed by atoms with Gasteiger partial charge in [0.25, 0.3) is 0 Å². The van der Waals surface area contributed by atoms with E-state index in [0.29, 0.717) is 11.3 Å². The number of hydrogen-bond donors (Lipinski definition) is 1. The number of hydrogen-bond acceptors (Lipinski definition) is 3. The van der Waals surface area contributed by atoms with Crippen LogP contribution in [-0.2, 0) is 0 Å². The number of nitrogens with two attached hydrogens (primary N) is 1. The maximum Gasteiger partial charge on any atom is 0.151 e. The second kappa shape index (κ2) is 4.94. The number of benzene rings is 2. The van der Waals surface area contributed by atoms with Gasteiger partial charge in [-0.15, -0.1) is 0 Å². The zero-order chi connectivity index (χ0) is 14.0. The molecule has 0 atom stereocenters. The van der Waals surface area contributed by atoms with Crippen molar-refractivity contribution in [3.8, 4) is 6.07 Å². The van der Waals surface area contributed by atoms with Crippen molar-refractivity contribution in [2.45, 2.75) is 0 Å². The van der Waals surface area contributed by atoms with Gasteiger partial charge >= 0.3 is 0 Å². The van der Waals surface area contributed by atoms with Gasteiger partial charge in [0, 0.05) is 13.1 Å². The summed E-state index contributed by atoms with van der Waals surface area (Å²) in [4.78, 5) is 1.49. The predicted molar refractivity (Wildman–Crippen MR) is 70.0 cm³/mol. The predicted octanol–water partition coefficient (Wildman–Crippen LogP) is 3.19. The zero-order valence-corrected chi connectivity index (χ0v) is 10.2. The smallest absolute Gasteiger partial charge is 0.151 e. The summed E-state index contributed by atoms with van der Waals surface area (Å²) in [5.41, 5.74) is 6.57. The van der Waals surface area contributed by atoms with Crippen LogP contribution in [0.25, 0.3) is 0 Å². The van der Waals surface area contributed by atoms with Crippen molar-refractivity contribution in [1.82, 2.24) is 0 Å². The molecule has 0 radical (unpaired) electrons. The first-order valence-corrected chi connectivity index (χ1v) is 5.52. The molecule has 0 saturated carbocycles. The minimum atomic E-state index is -0.823. The lowest BCUT2D eigenvalue weighted by atomic mass is 10.1. The Morgan fingerprint density at radius 1 is 1.16 bits per heavy atom. The Morgan fingerprint density at radius 3 is 2.53 bits per heavy atom. The lowest BCUT2D eigenvalue weighted by Crippen LogP contribution is -2.14. The van der Waals surface area contributed by atoms with Crippen LogP contribution < -0.4 is 10.6 Å². The number of rotatable bonds is 2. The fraction of sp³-hybridized carbons (Fsp3) is 0.0714. The molecule has 0 fully saturated rings. The maximum absolute atomic E-state index is 13.4. The van der Waals surface area contributed by atoms with E-state index in [1.807, 2.05) is 6.07 Å². The number of halogens is 2. The van der Waals surface area contributed by atoms with Gasteiger partial charge in [0.15, 0.2) is 5.82 Å². The zero-order valence-electron chi connectivity index (χ0n) is 10.2. The molecule has 5 heteroatoms. The summed E-state index contributed by atoms with van der Waals surface area (Å²) >= 11 is 0. The summed E-state index contributed by atoms with van der Waals surface area (Å²) in [5, 5.41) is 9.04. The number of nitriles is 1. The van der Waals surface area contributed by atoms with E-state index in [4.69, 9.17) is 11.0 Å². The Morgan fingerprint density at radius 2 is 1.84 bits per heavy atom. The Balaban J connectivity index is 2.57. The van der Waals surface area contributed by atoms with Crippen molar-refractivity contribution in [2.24, 2.45) is 0 Å². The van der Waals surface area contributed by atoms with Gasteiger partial charge in [-0.05, 0) is 18.2 Å². The SMILES string of the molecule is CN(c1ccccc1C#N)c1cc(F)cc(F)c1N. The molecule has 2 aromatic carbocycles. The van der Waals surface area contributed by atoms with E-state index < -0.39 is 11.6 Å². The first kappa shape index (κ1) is 12.8. The van der Waals surface area contributed by atoms with Crippen LogP contribution in [0.5, 0.6) is 0 Å². The standard InChI is InChI=1S/C14H11F2N3/c1-19(12-5-3-2-4-9(12)8-17)13-7-10(15)6-11(16)14(13)18/h2-7H,18H2,1H3. The number of anilines is 3. The van der Waals surface area contributed by atoms with E-state index in [2.05, 4.69) is 0 Å². The lowest BCUT2D eigenvalue weighted by Gasteiger charge is -2.22. The molecule has 2 rings (SSSR count). The van der Waals surface area contributed by atoms with Crippen LogP contribution in [0.4, 0.5) is 25.8 Å². The van der Waals surface area contributed by atoms with Crippen LogP contribution in [0.15, 0.2) is 36.4 Å². The monoisotopic (exact) mass is 259 g/mol. The molecule has 0 aliphatic rings. The number of nitrogens with zero attached hydrogens (tertiary/aromatic N) is 2. The Kier molecular flexibility index (Phi) is 3.34. The molecule has 0 aromatic heterocycles. The Labute approximate surface area is 109 Å². The molecule has 96 valence electrons. The number of nitrogen functional groups attached to an aromatic ring is 1. The fourth-order valence-electron chi connectivity index (χ4n) is 1.84. The van der Waals surface area contributed by atoms with Crippen LogP contribution in [0, 0.1) is 23.0 Å². The number of para-hydroxylation sites is 1. The minimum Gasteiger partial charge on any atom is -0.395 e. The summed E-state index contributed by atoms with van der Waals surface area (Å²) in [6.45, 7) is 0. The maximum atomic E-state index is 13.4. The van der Waals surface area contributed by atoms with Crippen LogP contribution in [0.3, 0.4) is 0 Å². The van der Waals surface area contributed by atoms with Gasteiger partial charge in [-0.25, -0.2) is 8.78 Å². The molecule has 0 amide bonds. The summed E-state index contributed by atoms with van der Waals surface area (Å²) in [7, 11) is 1.60. The molecule has 0 aliphatic heterocycles. The molecule has 0 bridgehead atoms. The van der Waals surface area contributed by atoms with Gasteiger partial charge in [0.2, 0.25) is 0 Å². The highest BCUT2D eigenvalue weighted by molar-refractivity contribution is 5.77. The molecule has 3 nitrogen and oxygen atoms in total. The topological polar surface area (TPSA) is 53.0 Å². The summed E-state index contributed by atoms with van der Waals surface area (Å²) in [5.74, 6) is -1.54. The van der Waals surface area contributed by atoms with E-state index >= 15 is 0 Å². The van der Waals surface area contributed by atoms with Crippen LogP contribution in [-0.4, -0.2) is 7.05 Å². The third-order valence-electron chi connectivity index (χ3n) is 2.82. The summed E-state index contributed by atoms with van der Waals surface area (Å²) < 4.78 is 26.7. The molecule has 2 aromatic rings. The third-order valence-corrected chi connectivity index (χ3v) is 2.82. The van der Waals surface area contributed by atoms with Gasteiger partial charge in [0.1, 0.15) is 11.9 Å². The van der Waals surface area contributed by atoms with E-state index in [-0.39, 0.29) is 11.4 Å². The average Bonchev–Trinajstić information content (AvgIpc) is 2.42. The largest absolute Gasteiger partial charge is 0.395 e. The lowest BCUT2D eigenvalue weighted by molar-refractivity contribution is 0.586. The van der Waals surface area contributed by atoms with Gasteiger partial charge in [-0.1, -0.05) is 12.1 Å². The Hall–Kier alpha value is -2.61. The minimum absolute atomic E-state index is 0.156. The molecule has 19 heavy (non-hydrogen) atoms. The first-order chi connectivity index (χ1) is 9.04. The molecule has 0 spiro atoms. The van der Waals surface area contributed by atoms with Crippen LogP contribution in [0.1, 0.15) is 5.56 Å². The van der Waals surface area contributed by atoms with Gasteiger partial charge in [0.05, 0.1) is 22.6 Å². The summed E-state index contributed by atoms with van der Waals surface area (Å²) in [6, 6.07) is 10.6. The average molecular weight is 259 g/mol. The van der Waals surface area contributed by atoms with E-state index in [9.17, 15) is 8.78 Å². The molecular weight excluding hydrogens is 248 g/mol. The first-order valence-electron chi connectivity index (χ1n) is 5.52. The normalized spacial score (nSPS) is 10.0. The molecule has 0 saturated heterocycles. The van der Waals surface area contributed by atoms with Crippen molar-refractivity contribution >= 4 is 17.1 Å². The molecule has 0 heterocycles. The quantitative estimate of drug-likeness (QED) is 0.843. The van der Waals surface area contributed by atoms with Gasteiger partial charge in [-0.2, -0.15) is 5.26 Å². The molecule has 0 unspecified atom stereocenters. The Bertz CT molecular complexity index is 662. The van der Waals surface area contributed by atoms with Crippen molar-refractivity contribution in [1.29, 1.82) is 5.26 Å². The second-order valence-electron chi connectivity index (χ2n) is 4.01. The van der Waals surface area contributed by atoms with Crippen molar-refractivity contribution in [3.05, 3.63) is 53.6 Å². The molecule has 2 N–H and O–H groups in total. The van der Waals surface area contributed by atoms with Crippen LogP contribution in [0.2, 0.25) is 0 Å². The highest BCUT2D eigenvalue weighted by atomic mass is 19.1. The van der Waals surface area contributed by atoms with E-state index in [1.165, 1.54) is 4.90 Å². The second-order valence-corrected chi connectivity index (χ2v) is 4.01. The molecule has 0 aliphatic carbocycles. The third kappa shape index (κ3) is 2.33. The van der Waals surface area contributed by atoms with Crippen molar-refractivity contribution in [2.75, 3.05) is 17.7 Å². The van der Waals surface area contributed by atoms with Crippen molar-refractivity contribution < 1.29 is 8.78 Å². The van der Waals surface area contributed by atoms with Gasteiger partial charge in [-0.3, -0.25) is 0 Å². The molecular formula is C14H11F2N3. The highest BCUT2D eigenvalue weighted by Gasteiger charge is 2.15. The fourth-order valence-corrected chi connectivity index (χ4v) is 1.84. The van der Waals surface area contributed by atoms with E-state index in [1.54, 1.807) is 31.3 Å². The van der Waals surface area contributed by atoms with Crippen LogP contribution >= 0.6 is 0 Å². The van der Waals surface area contributed by atoms with Gasteiger partial charge < -0.3 is 10.6 Å². The van der Waals surface area contributed by atoms with E-state index in [0.717, 1.165) is 12.1 Å².